The van der Waals surface area contributed by atoms with E-state index in [0.29, 0.717) is 29.0 Å². The second kappa shape index (κ2) is 12.7. The molecule has 0 aromatic heterocycles. The number of hydrazone groups is 1. The minimum absolute atomic E-state index is 0.0777. The van der Waals surface area contributed by atoms with Crippen molar-refractivity contribution in [3.63, 3.8) is 0 Å². The van der Waals surface area contributed by atoms with E-state index in [-0.39, 0.29) is 12.0 Å². The molecular weight excluding hydrogens is 531 g/mol. The first kappa shape index (κ1) is 28.0. The Hall–Kier alpha value is -3.01. The molecule has 1 aliphatic heterocycles. The van der Waals surface area contributed by atoms with Crippen LogP contribution in [-0.4, -0.2) is 35.8 Å². The third kappa shape index (κ3) is 7.09. The van der Waals surface area contributed by atoms with Crippen LogP contribution in [0.5, 0.6) is 0 Å². The molecule has 3 aromatic carbocycles. The van der Waals surface area contributed by atoms with Gasteiger partial charge in [0.2, 0.25) is 5.96 Å². The number of halogens is 4. The predicted octanol–water partition coefficient (Wildman–Crippen LogP) is 6.94. The standard InChI is InChI=1S/C28H29ClF3N5S/c1-2-23(18-33)34-27(36-38-24-14-10-21(11-15-24)28(30,31)32)37-17-16-25(19-6-4-3-5-7-19)26(35-37)20-8-12-22(29)13-9-20/h3-15,23,25H,2,16-18,33H2,1H3,(H,34,36). The van der Waals surface area contributed by atoms with Crippen LogP contribution in [0, 0.1) is 0 Å². The predicted molar refractivity (Wildman–Crippen MR) is 150 cm³/mol. The van der Waals surface area contributed by atoms with Crippen molar-refractivity contribution >= 4 is 35.2 Å². The van der Waals surface area contributed by atoms with Gasteiger partial charge < -0.3 is 5.73 Å². The van der Waals surface area contributed by atoms with Gasteiger partial charge in [0, 0.05) is 28.9 Å². The van der Waals surface area contributed by atoms with Gasteiger partial charge in [0.05, 0.1) is 17.3 Å². The first-order valence-corrected chi connectivity index (χ1v) is 13.5. The summed E-state index contributed by atoms with van der Waals surface area (Å²) in [6, 6.07) is 22.7. The Kier molecular flexibility index (Phi) is 9.35. The quantitative estimate of drug-likeness (QED) is 0.187. The Morgan fingerprint density at radius 2 is 1.79 bits per heavy atom. The highest BCUT2D eigenvalue weighted by atomic mass is 35.5. The number of hydrogen-bond donors (Lipinski definition) is 2. The van der Waals surface area contributed by atoms with Crippen molar-refractivity contribution in [3.05, 3.63) is 101 Å². The first-order valence-electron chi connectivity index (χ1n) is 12.3. The van der Waals surface area contributed by atoms with Gasteiger partial charge in [0.1, 0.15) is 0 Å². The molecule has 200 valence electrons. The summed E-state index contributed by atoms with van der Waals surface area (Å²) in [6.07, 6.45) is -2.86. The number of rotatable bonds is 7. The van der Waals surface area contributed by atoms with Crippen molar-refractivity contribution < 1.29 is 13.2 Å². The summed E-state index contributed by atoms with van der Waals surface area (Å²) >= 11 is 7.33. The van der Waals surface area contributed by atoms with E-state index in [2.05, 4.69) is 16.9 Å². The summed E-state index contributed by atoms with van der Waals surface area (Å²) < 4.78 is 42.1. The molecule has 2 unspecified atom stereocenters. The van der Waals surface area contributed by atoms with Crippen LogP contribution in [0.1, 0.15) is 42.4 Å². The molecule has 0 aliphatic carbocycles. The van der Waals surface area contributed by atoms with Gasteiger partial charge in [-0.25, -0.2) is 10.0 Å². The number of hydrogen-bond acceptors (Lipinski definition) is 4. The van der Waals surface area contributed by atoms with Crippen molar-refractivity contribution in [1.82, 2.24) is 9.73 Å². The van der Waals surface area contributed by atoms with Crippen LogP contribution < -0.4 is 10.5 Å². The summed E-state index contributed by atoms with van der Waals surface area (Å²) in [4.78, 5) is 5.44. The smallest absolute Gasteiger partial charge is 0.328 e. The molecule has 1 aliphatic rings. The molecule has 0 amide bonds. The van der Waals surface area contributed by atoms with Crippen molar-refractivity contribution in [2.75, 3.05) is 13.1 Å². The van der Waals surface area contributed by atoms with Gasteiger partial charge in [-0.05, 0) is 72.3 Å². The van der Waals surface area contributed by atoms with Gasteiger partial charge in [-0.2, -0.15) is 18.3 Å². The van der Waals surface area contributed by atoms with E-state index in [4.69, 9.17) is 27.4 Å². The molecule has 4 rings (SSSR count). The molecule has 3 aromatic rings. The maximum atomic E-state index is 13.0. The minimum atomic E-state index is -4.38. The average molecular weight is 560 g/mol. The van der Waals surface area contributed by atoms with Crippen molar-refractivity contribution in [3.8, 4) is 0 Å². The lowest BCUT2D eigenvalue weighted by atomic mass is 9.86. The van der Waals surface area contributed by atoms with Crippen LogP contribution in [0.4, 0.5) is 13.2 Å². The second-order valence-electron chi connectivity index (χ2n) is 8.84. The van der Waals surface area contributed by atoms with E-state index in [0.717, 1.165) is 36.2 Å². The normalized spacial score (nSPS) is 17.2. The van der Waals surface area contributed by atoms with Crippen LogP contribution in [0.25, 0.3) is 0 Å². The number of nitrogens with zero attached hydrogens (tertiary/aromatic N) is 3. The van der Waals surface area contributed by atoms with Crippen molar-refractivity contribution in [2.24, 2.45) is 15.8 Å². The Morgan fingerprint density at radius 3 is 2.39 bits per heavy atom. The topological polar surface area (TPSA) is 66.0 Å². The summed E-state index contributed by atoms with van der Waals surface area (Å²) in [5, 5.41) is 7.49. The van der Waals surface area contributed by atoms with Gasteiger partial charge in [-0.3, -0.25) is 4.72 Å². The lowest BCUT2D eigenvalue weighted by Gasteiger charge is -2.32. The highest BCUT2D eigenvalue weighted by molar-refractivity contribution is 7.98. The summed E-state index contributed by atoms with van der Waals surface area (Å²) in [6.45, 7) is 2.96. The Labute approximate surface area is 230 Å². The average Bonchev–Trinajstić information content (AvgIpc) is 2.93. The number of benzene rings is 3. The summed E-state index contributed by atoms with van der Waals surface area (Å²) in [7, 11) is 0. The van der Waals surface area contributed by atoms with Gasteiger partial charge in [-0.15, -0.1) is 0 Å². The number of nitrogens with two attached hydrogens (primary N) is 1. The maximum Gasteiger partial charge on any atom is 0.416 e. The van der Waals surface area contributed by atoms with Crippen LogP contribution >= 0.6 is 23.5 Å². The van der Waals surface area contributed by atoms with Gasteiger partial charge in [0.15, 0.2) is 0 Å². The molecule has 1 heterocycles. The van der Waals surface area contributed by atoms with Crippen molar-refractivity contribution in [2.45, 2.75) is 42.8 Å². The highest BCUT2D eigenvalue weighted by Gasteiger charge is 2.30. The molecule has 0 saturated heterocycles. The Balaban J connectivity index is 1.66. The number of nitrogens with one attached hydrogen (secondary N) is 1. The third-order valence-electron chi connectivity index (χ3n) is 6.26. The molecule has 2 atom stereocenters. The third-order valence-corrected chi connectivity index (χ3v) is 7.31. The van der Waals surface area contributed by atoms with Crippen LogP contribution in [0.3, 0.4) is 0 Å². The van der Waals surface area contributed by atoms with Crippen LogP contribution in [0.15, 0.2) is 93.9 Å². The fourth-order valence-electron chi connectivity index (χ4n) is 4.13. The highest BCUT2D eigenvalue weighted by Crippen LogP contribution is 2.32. The molecular formula is C28H29ClF3N5S. The monoisotopic (exact) mass is 559 g/mol. The molecule has 3 N–H and O–H groups in total. The second-order valence-corrected chi connectivity index (χ2v) is 10.2. The molecule has 38 heavy (non-hydrogen) atoms. The van der Waals surface area contributed by atoms with E-state index in [9.17, 15) is 13.2 Å². The zero-order valence-corrected chi connectivity index (χ0v) is 22.4. The maximum absolute atomic E-state index is 13.0. The van der Waals surface area contributed by atoms with E-state index >= 15 is 0 Å². The molecule has 0 fully saturated rings. The van der Waals surface area contributed by atoms with E-state index in [1.54, 1.807) is 0 Å². The van der Waals surface area contributed by atoms with Crippen LogP contribution in [0.2, 0.25) is 5.02 Å². The van der Waals surface area contributed by atoms with Gasteiger partial charge in [0.25, 0.3) is 0 Å². The lowest BCUT2D eigenvalue weighted by molar-refractivity contribution is -0.137. The number of aliphatic imine (C=N–C) groups is 1. The summed E-state index contributed by atoms with van der Waals surface area (Å²) in [5.74, 6) is 0.582. The number of alkyl halides is 3. The van der Waals surface area contributed by atoms with Crippen LogP contribution in [-0.2, 0) is 6.18 Å². The number of guanidine groups is 1. The Bertz CT molecular complexity index is 1240. The molecule has 0 radical (unpaired) electrons. The SMILES string of the molecule is CCC(CN)N=C(NSc1ccc(C(F)(F)F)cc1)N1CCC(c2ccccc2)C(c2ccc(Cl)cc2)=N1. The fraction of sp³-hybridized carbons (Fsp3) is 0.286. The zero-order valence-electron chi connectivity index (χ0n) is 20.8. The van der Waals surface area contributed by atoms with Gasteiger partial charge >= 0.3 is 6.18 Å². The van der Waals surface area contributed by atoms with Gasteiger partial charge in [-0.1, -0.05) is 61.0 Å². The Morgan fingerprint density at radius 1 is 1.11 bits per heavy atom. The lowest BCUT2D eigenvalue weighted by Crippen LogP contribution is -2.42. The summed E-state index contributed by atoms with van der Waals surface area (Å²) in [5.41, 5.74) is 8.25. The largest absolute Gasteiger partial charge is 0.416 e. The van der Waals surface area contributed by atoms with E-state index in [1.807, 2.05) is 54.4 Å². The van der Waals surface area contributed by atoms with E-state index in [1.165, 1.54) is 29.6 Å². The fourth-order valence-corrected chi connectivity index (χ4v) is 4.89. The molecule has 0 spiro atoms. The molecule has 10 heteroatoms. The minimum Gasteiger partial charge on any atom is -0.328 e. The molecule has 5 nitrogen and oxygen atoms in total. The first-order chi connectivity index (χ1) is 18.3. The molecule has 0 saturated carbocycles. The van der Waals surface area contributed by atoms with E-state index < -0.39 is 11.7 Å². The van der Waals surface area contributed by atoms with Crippen molar-refractivity contribution in [1.29, 1.82) is 0 Å². The zero-order chi connectivity index (χ0) is 27.1. The molecule has 0 bridgehead atoms.